The van der Waals surface area contributed by atoms with Crippen LogP contribution in [0.15, 0.2) is 0 Å². The molecule has 4 rings (SSSR count). The maximum Gasteiger partial charge on any atom is 0.243 e. The minimum Gasteiger partial charge on any atom is -0.321 e. The number of ketones is 1. The molecule has 0 bridgehead atoms. The molecule has 2 atom stereocenters. The van der Waals surface area contributed by atoms with E-state index in [1.165, 1.54) is 35.5 Å². The Hall–Kier alpha value is -1.47. The molecule has 5 N–H and O–H groups in total. The van der Waals surface area contributed by atoms with E-state index < -0.39 is 6.04 Å². The zero-order valence-electron chi connectivity index (χ0n) is 20.0. The summed E-state index contributed by atoms with van der Waals surface area (Å²) in [6, 6.07) is -0.831. The number of amides is 1. The Morgan fingerprint density at radius 3 is 2.03 bits per heavy atom. The van der Waals surface area contributed by atoms with Crippen molar-refractivity contribution in [3.8, 4) is 0 Å². The van der Waals surface area contributed by atoms with Crippen LogP contribution in [0.5, 0.6) is 0 Å². The van der Waals surface area contributed by atoms with Gasteiger partial charge in [0.05, 0.1) is 18.5 Å². The Labute approximate surface area is 218 Å². The number of aromatic nitrogens is 4. The average molecular weight is 538 g/mol. The molecule has 2 aliphatic rings. The first-order valence-electron chi connectivity index (χ1n) is 12.6. The van der Waals surface area contributed by atoms with E-state index in [-0.39, 0.29) is 23.7 Å². The lowest BCUT2D eigenvalue weighted by molar-refractivity contribution is -0.121. The summed E-state index contributed by atoms with van der Waals surface area (Å²) in [5.41, 5.74) is 12.3. The van der Waals surface area contributed by atoms with Gasteiger partial charge in [0.2, 0.25) is 11.0 Å². The Balaban J connectivity index is 1.11. The number of rotatable bonds is 13. The molecule has 2 unspecified atom stereocenters. The molecule has 0 radical (unpaired) electrons. The fourth-order valence-corrected chi connectivity index (χ4v) is 7.59. The van der Waals surface area contributed by atoms with Crippen LogP contribution in [0.4, 0.5) is 5.13 Å². The number of nitrogens with one attached hydrogen (secondary N) is 1. The molecule has 192 valence electrons. The number of carbonyl (C=O) groups excluding carboxylic acids is 2. The monoisotopic (exact) mass is 537 g/mol. The molecular formula is C23H35N7O2S3. The van der Waals surface area contributed by atoms with Crippen LogP contribution in [-0.2, 0) is 28.9 Å². The Bertz CT molecular complexity index is 894. The van der Waals surface area contributed by atoms with Crippen molar-refractivity contribution >= 4 is 51.3 Å². The fraction of sp³-hybridized carbons (Fsp3) is 0.739. The van der Waals surface area contributed by atoms with Crippen molar-refractivity contribution in [3.05, 3.63) is 15.0 Å². The van der Waals surface area contributed by atoms with E-state index in [0.29, 0.717) is 17.5 Å². The van der Waals surface area contributed by atoms with Crippen molar-refractivity contribution in [2.75, 3.05) is 16.8 Å². The summed E-state index contributed by atoms with van der Waals surface area (Å²) in [4.78, 5) is 24.8. The van der Waals surface area contributed by atoms with Crippen molar-refractivity contribution in [2.24, 2.45) is 23.3 Å². The smallest absolute Gasteiger partial charge is 0.243 e. The first kappa shape index (κ1) is 26.6. The van der Waals surface area contributed by atoms with Crippen molar-refractivity contribution in [1.29, 1.82) is 0 Å². The lowest BCUT2D eigenvalue weighted by Crippen LogP contribution is -2.40. The predicted octanol–water partition coefficient (Wildman–Crippen LogP) is 2.99. The van der Waals surface area contributed by atoms with Gasteiger partial charge in [-0.3, -0.25) is 14.9 Å². The number of nitrogens with zero attached hydrogens (tertiary/aromatic N) is 4. The van der Waals surface area contributed by atoms with E-state index in [1.54, 1.807) is 0 Å². The number of thioether (sulfide) groups is 1. The van der Waals surface area contributed by atoms with E-state index in [4.69, 9.17) is 11.5 Å². The molecule has 0 saturated heterocycles. The maximum absolute atomic E-state index is 12.5. The van der Waals surface area contributed by atoms with Gasteiger partial charge in [-0.1, -0.05) is 37.0 Å². The minimum absolute atomic E-state index is 0.0853. The van der Waals surface area contributed by atoms with Gasteiger partial charge in [0, 0.05) is 12.8 Å². The number of hydrogen-bond acceptors (Lipinski definition) is 11. The van der Waals surface area contributed by atoms with Crippen LogP contribution in [0.25, 0.3) is 0 Å². The molecule has 35 heavy (non-hydrogen) atoms. The second-order valence-electron chi connectivity index (χ2n) is 9.48. The number of nitrogens with two attached hydrogens (primary N) is 2. The van der Waals surface area contributed by atoms with Crippen LogP contribution in [0.2, 0.25) is 0 Å². The van der Waals surface area contributed by atoms with Crippen molar-refractivity contribution in [2.45, 2.75) is 82.7 Å². The van der Waals surface area contributed by atoms with Gasteiger partial charge in [-0.05, 0) is 49.0 Å². The maximum atomic E-state index is 12.5. The number of Topliss-reactive ketones (excluding diaryl/α,β-unsaturated/α-hetero) is 1. The second-order valence-corrected chi connectivity index (χ2v) is 12.9. The van der Waals surface area contributed by atoms with Gasteiger partial charge in [-0.15, -0.1) is 31.7 Å². The standard InChI is InChI=1S/C23H35N7O2S3/c24-20(14-5-1-2-6-14)16(31)13-19-29-27-17(34-19)9-11-33-12-10-18-28-30-23(35-18)26-22(32)21(25)15-7-3-4-8-15/h14-15,20-21H,1-13,24-25H2,(H,26,30,32). The van der Waals surface area contributed by atoms with Crippen molar-refractivity contribution in [3.63, 3.8) is 0 Å². The molecule has 12 heteroatoms. The summed E-state index contributed by atoms with van der Waals surface area (Å²) in [6.45, 7) is 0. The molecule has 2 aromatic heterocycles. The average Bonchev–Trinajstić information content (AvgIpc) is 3.66. The van der Waals surface area contributed by atoms with Crippen LogP contribution in [-0.4, -0.2) is 55.7 Å². The molecule has 0 spiro atoms. The molecule has 2 fully saturated rings. The molecule has 2 aromatic rings. The van der Waals surface area contributed by atoms with Gasteiger partial charge in [-0.2, -0.15) is 11.8 Å². The first-order chi connectivity index (χ1) is 17.0. The molecular weight excluding hydrogens is 503 g/mol. The van der Waals surface area contributed by atoms with Crippen LogP contribution < -0.4 is 16.8 Å². The molecule has 0 aliphatic heterocycles. The summed E-state index contributed by atoms with van der Waals surface area (Å²) in [6.07, 6.45) is 10.8. The normalized spacial score (nSPS) is 18.7. The zero-order valence-corrected chi connectivity index (χ0v) is 22.4. The molecule has 2 heterocycles. The van der Waals surface area contributed by atoms with E-state index >= 15 is 0 Å². The lowest BCUT2D eigenvalue weighted by atomic mass is 9.94. The van der Waals surface area contributed by atoms with Gasteiger partial charge in [-0.25, -0.2) is 0 Å². The van der Waals surface area contributed by atoms with E-state index in [2.05, 4.69) is 25.7 Å². The number of aryl methyl sites for hydroxylation is 2. The summed E-state index contributed by atoms with van der Waals surface area (Å²) >= 11 is 4.74. The topological polar surface area (TPSA) is 150 Å². The highest BCUT2D eigenvalue weighted by Crippen LogP contribution is 2.29. The molecule has 0 aromatic carbocycles. The summed E-state index contributed by atoms with van der Waals surface area (Å²) < 4.78 is 0. The van der Waals surface area contributed by atoms with Crippen LogP contribution in [0.3, 0.4) is 0 Å². The highest BCUT2D eigenvalue weighted by molar-refractivity contribution is 7.99. The minimum atomic E-state index is -0.469. The summed E-state index contributed by atoms with van der Waals surface area (Å²) in [5, 5.41) is 22.7. The largest absolute Gasteiger partial charge is 0.321 e. The van der Waals surface area contributed by atoms with E-state index in [0.717, 1.165) is 77.9 Å². The van der Waals surface area contributed by atoms with Gasteiger partial charge in [0.25, 0.3) is 0 Å². The Morgan fingerprint density at radius 2 is 1.37 bits per heavy atom. The number of anilines is 1. The number of hydrogen-bond donors (Lipinski definition) is 3. The molecule has 1 amide bonds. The molecule has 2 aliphatic carbocycles. The third-order valence-electron chi connectivity index (χ3n) is 6.94. The van der Waals surface area contributed by atoms with Gasteiger partial charge < -0.3 is 11.5 Å². The predicted molar refractivity (Wildman–Crippen MR) is 142 cm³/mol. The van der Waals surface area contributed by atoms with E-state index in [1.807, 2.05) is 11.8 Å². The summed E-state index contributed by atoms with van der Waals surface area (Å²) in [7, 11) is 0. The van der Waals surface area contributed by atoms with Crippen LogP contribution in [0.1, 0.15) is 66.4 Å². The molecule has 9 nitrogen and oxygen atoms in total. The Morgan fingerprint density at radius 1 is 0.829 bits per heavy atom. The lowest BCUT2D eigenvalue weighted by Gasteiger charge is -2.16. The fourth-order valence-electron chi connectivity index (χ4n) is 4.85. The highest BCUT2D eigenvalue weighted by atomic mass is 32.2. The third kappa shape index (κ3) is 7.75. The summed E-state index contributed by atoms with van der Waals surface area (Å²) in [5.74, 6) is 2.36. The second kappa shape index (κ2) is 13.2. The first-order valence-corrected chi connectivity index (χ1v) is 15.3. The highest BCUT2D eigenvalue weighted by Gasteiger charge is 2.29. The quantitative estimate of drug-likeness (QED) is 0.328. The molecule has 2 saturated carbocycles. The third-order valence-corrected chi connectivity index (χ3v) is 9.81. The van der Waals surface area contributed by atoms with Gasteiger partial charge in [0.15, 0.2) is 5.78 Å². The Kier molecular flexibility index (Phi) is 10.0. The van der Waals surface area contributed by atoms with Crippen LogP contribution >= 0.6 is 34.4 Å². The SMILES string of the molecule is NC(C(=O)Cc1nnc(CCSCCc2nnc(NC(=O)C(N)C3CCCC3)s2)s1)C1CCCC1. The van der Waals surface area contributed by atoms with Gasteiger partial charge >= 0.3 is 0 Å². The number of carbonyl (C=O) groups is 2. The van der Waals surface area contributed by atoms with Gasteiger partial charge in [0.1, 0.15) is 15.0 Å². The van der Waals surface area contributed by atoms with Crippen molar-refractivity contribution in [1.82, 2.24) is 20.4 Å². The van der Waals surface area contributed by atoms with E-state index in [9.17, 15) is 9.59 Å². The van der Waals surface area contributed by atoms with Crippen molar-refractivity contribution < 1.29 is 9.59 Å². The zero-order chi connectivity index (χ0) is 24.6. The van der Waals surface area contributed by atoms with Crippen LogP contribution in [0, 0.1) is 11.8 Å².